The Morgan fingerprint density at radius 2 is 2.23 bits per heavy atom. The molecule has 2 aliphatic rings. The topological polar surface area (TPSA) is 21.3 Å². The average Bonchev–Trinajstić information content (AvgIpc) is 2.87. The normalized spacial score (nSPS) is 34.2. The molecule has 0 aromatic carbocycles. The first-order valence-corrected chi connectivity index (χ1v) is 5.51. The molecule has 76 valence electrons. The molecule has 0 aromatic heterocycles. The summed E-state index contributed by atoms with van der Waals surface area (Å²) in [5.41, 5.74) is 0.583. The van der Waals surface area contributed by atoms with E-state index in [0.717, 1.165) is 19.1 Å². The van der Waals surface area contributed by atoms with E-state index in [1.807, 2.05) is 0 Å². The van der Waals surface area contributed by atoms with Crippen LogP contribution in [0.3, 0.4) is 0 Å². The summed E-state index contributed by atoms with van der Waals surface area (Å²) in [7, 11) is 2.10. The molecule has 13 heavy (non-hydrogen) atoms. The van der Waals surface area contributed by atoms with Crippen molar-refractivity contribution in [2.45, 2.75) is 38.6 Å². The Morgan fingerprint density at radius 3 is 2.69 bits per heavy atom. The molecule has 2 atom stereocenters. The molecule has 0 radical (unpaired) electrons. The monoisotopic (exact) mass is 183 g/mol. The summed E-state index contributed by atoms with van der Waals surface area (Å²) in [5, 5.41) is 3.49. The van der Waals surface area contributed by atoms with E-state index in [4.69, 9.17) is 4.74 Å². The molecule has 1 N–H and O–H groups in total. The smallest absolute Gasteiger partial charge is 0.0509 e. The first-order chi connectivity index (χ1) is 6.26. The van der Waals surface area contributed by atoms with Crippen LogP contribution in [0.5, 0.6) is 0 Å². The SMILES string of the molecule is CNC(C1CCCOC1)C1(C)CC1. The van der Waals surface area contributed by atoms with Crippen molar-refractivity contribution in [1.82, 2.24) is 5.32 Å². The minimum Gasteiger partial charge on any atom is -0.381 e. The van der Waals surface area contributed by atoms with Crippen molar-refractivity contribution in [1.29, 1.82) is 0 Å². The Bertz CT molecular complexity index is 171. The first-order valence-electron chi connectivity index (χ1n) is 5.51. The van der Waals surface area contributed by atoms with Gasteiger partial charge in [-0.3, -0.25) is 0 Å². The summed E-state index contributed by atoms with van der Waals surface area (Å²) in [6, 6.07) is 0.688. The van der Waals surface area contributed by atoms with Crippen molar-refractivity contribution in [2.24, 2.45) is 11.3 Å². The van der Waals surface area contributed by atoms with Crippen molar-refractivity contribution in [3.05, 3.63) is 0 Å². The predicted molar refractivity (Wildman–Crippen MR) is 53.7 cm³/mol. The van der Waals surface area contributed by atoms with E-state index in [1.54, 1.807) is 0 Å². The van der Waals surface area contributed by atoms with E-state index in [2.05, 4.69) is 19.3 Å². The lowest BCUT2D eigenvalue weighted by Crippen LogP contribution is -2.43. The van der Waals surface area contributed by atoms with Crippen molar-refractivity contribution >= 4 is 0 Å². The summed E-state index contributed by atoms with van der Waals surface area (Å²) in [4.78, 5) is 0. The average molecular weight is 183 g/mol. The number of hydrogen-bond acceptors (Lipinski definition) is 2. The minimum absolute atomic E-state index is 0.583. The van der Waals surface area contributed by atoms with Crippen LogP contribution in [0, 0.1) is 11.3 Å². The highest BCUT2D eigenvalue weighted by atomic mass is 16.5. The van der Waals surface area contributed by atoms with Gasteiger partial charge in [-0.25, -0.2) is 0 Å². The standard InChI is InChI=1S/C11H21NO/c1-11(5-6-11)10(12-2)9-4-3-7-13-8-9/h9-10,12H,3-8H2,1-2H3. The highest BCUT2D eigenvalue weighted by molar-refractivity contribution is 5.01. The van der Waals surface area contributed by atoms with Gasteiger partial charge in [-0.1, -0.05) is 6.92 Å². The Balaban J connectivity index is 1.94. The van der Waals surface area contributed by atoms with Gasteiger partial charge in [0.1, 0.15) is 0 Å². The maximum absolute atomic E-state index is 5.55. The fourth-order valence-corrected chi connectivity index (χ4v) is 2.69. The molecule has 2 unspecified atom stereocenters. The predicted octanol–water partition coefficient (Wildman–Crippen LogP) is 1.80. The number of nitrogens with one attached hydrogen (secondary N) is 1. The van der Waals surface area contributed by atoms with Crippen LogP contribution in [0.1, 0.15) is 32.6 Å². The van der Waals surface area contributed by atoms with Crippen molar-refractivity contribution < 1.29 is 4.74 Å². The van der Waals surface area contributed by atoms with Crippen LogP contribution in [0.4, 0.5) is 0 Å². The highest BCUT2D eigenvalue weighted by Gasteiger charge is 2.47. The first kappa shape index (κ1) is 9.47. The van der Waals surface area contributed by atoms with Gasteiger partial charge in [0.05, 0.1) is 6.61 Å². The van der Waals surface area contributed by atoms with Gasteiger partial charge >= 0.3 is 0 Å². The van der Waals surface area contributed by atoms with E-state index in [-0.39, 0.29) is 0 Å². The van der Waals surface area contributed by atoms with Gasteiger partial charge in [-0.05, 0) is 44.1 Å². The largest absolute Gasteiger partial charge is 0.381 e. The molecule has 2 nitrogen and oxygen atoms in total. The van der Waals surface area contributed by atoms with Crippen LogP contribution < -0.4 is 5.32 Å². The Morgan fingerprint density at radius 1 is 1.46 bits per heavy atom. The minimum atomic E-state index is 0.583. The lowest BCUT2D eigenvalue weighted by atomic mass is 9.84. The second kappa shape index (κ2) is 3.58. The molecule has 0 amide bonds. The fourth-order valence-electron chi connectivity index (χ4n) is 2.69. The Hall–Kier alpha value is -0.0800. The molecule has 1 heterocycles. The number of rotatable bonds is 3. The van der Waals surface area contributed by atoms with Gasteiger partial charge in [0.25, 0.3) is 0 Å². The van der Waals surface area contributed by atoms with Crippen LogP contribution in [-0.4, -0.2) is 26.3 Å². The van der Waals surface area contributed by atoms with Gasteiger partial charge in [-0.2, -0.15) is 0 Å². The lowest BCUT2D eigenvalue weighted by Gasteiger charge is -2.34. The highest BCUT2D eigenvalue weighted by Crippen LogP contribution is 2.50. The molecule has 0 aromatic rings. The third-order valence-electron chi connectivity index (χ3n) is 3.77. The molecular weight excluding hydrogens is 162 g/mol. The second-order valence-corrected chi connectivity index (χ2v) is 4.90. The van der Waals surface area contributed by atoms with Gasteiger partial charge in [0, 0.05) is 12.6 Å². The Kier molecular flexibility index (Phi) is 2.61. The second-order valence-electron chi connectivity index (χ2n) is 4.90. The molecule has 2 fully saturated rings. The van der Waals surface area contributed by atoms with E-state index in [9.17, 15) is 0 Å². The molecule has 1 aliphatic heterocycles. The zero-order chi connectivity index (χ0) is 9.31. The zero-order valence-corrected chi connectivity index (χ0v) is 8.81. The van der Waals surface area contributed by atoms with Gasteiger partial charge < -0.3 is 10.1 Å². The quantitative estimate of drug-likeness (QED) is 0.720. The van der Waals surface area contributed by atoms with E-state index in [1.165, 1.54) is 25.7 Å². The van der Waals surface area contributed by atoms with Gasteiger partial charge in [0.2, 0.25) is 0 Å². The molecule has 1 saturated heterocycles. The summed E-state index contributed by atoms with van der Waals surface area (Å²) < 4.78 is 5.55. The van der Waals surface area contributed by atoms with Crippen molar-refractivity contribution in [2.75, 3.05) is 20.3 Å². The number of hydrogen-bond donors (Lipinski definition) is 1. The van der Waals surface area contributed by atoms with E-state index in [0.29, 0.717) is 11.5 Å². The van der Waals surface area contributed by atoms with E-state index < -0.39 is 0 Å². The third-order valence-corrected chi connectivity index (χ3v) is 3.77. The number of ether oxygens (including phenoxy) is 1. The molecule has 2 heteroatoms. The van der Waals surface area contributed by atoms with Gasteiger partial charge in [0.15, 0.2) is 0 Å². The molecule has 1 saturated carbocycles. The van der Waals surface area contributed by atoms with Crippen LogP contribution in [-0.2, 0) is 4.74 Å². The molecular formula is C11H21NO. The maximum atomic E-state index is 5.55. The van der Waals surface area contributed by atoms with Crippen molar-refractivity contribution in [3.63, 3.8) is 0 Å². The summed E-state index contributed by atoms with van der Waals surface area (Å²) >= 11 is 0. The third kappa shape index (κ3) is 1.89. The molecule has 0 bridgehead atoms. The lowest BCUT2D eigenvalue weighted by molar-refractivity contribution is 0.0288. The Labute approximate surface area is 81.0 Å². The van der Waals surface area contributed by atoms with Crippen molar-refractivity contribution in [3.8, 4) is 0 Å². The van der Waals surface area contributed by atoms with Crippen LogP contribution >= 0.6 is 0 Å². The fraction of sp³-hybridized carbons (Fsp3) is 1.00. The zero-order valence-electron chi connectivity index (χ0n) is 8.81. The summed E-state index contributed by atoms with van der Waals surface area (Å²) in [5.74, 6) is 0.756. The maximum Gasteiger partial charge on any atom is 0.0509 e. The van der Waals surface area contributed by atoms with Gasteiger partial charge in [-0.15, -0.1) is 0 Å². The van der Waals surface area contributed by atoms with E-state index >= 15 is 0 Å². The molecule has 2 rings (SSSR count). The van der Waals surface area contributed by atoms with Crippen LogP contribution in [0.15, 0.2) is 0 Å². The molecule has 1 aliphatic carbocycles. The van der Waals surface area contributed by atoms with Crippen LogP contribution in [0.25, 0.3) is 0 Å². The summed E-state index contributed by atoms with van der Waals surface area (Å²) in [6.07, 6.45) is 5.39. The summed E-state index contributed by atoms with van der Waals surface area (Å²) in [6.45, 7) is 4.35. The molecule has 0 spiro atoms. The van der Waals surface area contributed by atoms with Crippen LogP contribution in [0.2, 0.25) is 0 Å².